The van der Waals surface area contributed by atoms with Crippen LogP contribution >= 0.6 is 0 Å². The number of aliphatic hydroxyl groups excluding tert-OH is 1. The SMILES string of the molecule is COCC(O)Cn1c2c(ccc1=O)CCC2. The van der Waals surface area contributed by atoms with E-state index in [4.69, 9.17) is 4.74 Å². The van der Waals surface area contributed by atoms with Crippen molar-refractivity contribution in [3.63, 3.8) is 0 Å². The smallest absolute Gasteiger partial charge is 0.250 e. The van der Waals surface area contributed by atoms with Crippen molar-refractivity contribution in [1.29, 1.82) is 0 Å². The first-order valence-corrected chi connectivity index (χ1v) is 5.61. The highest BCUT2D eigenvalue weighted by Gasteiger charge is 2.17. The molecular formula is C12H17NO3. The van der Waals surface area contributed by atoms with E-state index in [-0.39, 0.29) is 12.2 Å². The van der Waals surface area contributed by atoms with Gasteiger partial charge in [-0.25, -0.2) is 0 Å². The van der Waals surface area contributed by atoms with Gasteiger partial charge in [0.15, 0.2) is 0 Å². The van der Waals surface area contributed by atoms with Crippen molar-refractivity contribution in [2.24, 2.45) is 0 Å². The second-order valence-electron chi connectivity index (χ2n) is 4.22. The van der Waals surface area contributed by atoms with Gasteiger partial charge >= 0.3 is 0 Å². The maximum absolute atomic E-state index is 11.7. The molecule has 1 aromatic heterocycles. The minimum Gasteiger partial charge on any atom is -0.389 e. The maximum atomic E-state index is 11.7. The van der Waals surface area contributed by atoms with E-state index in [1.54, 1.807) is 17.7 Å². The Morgan fingerprint density at radius 2 is 2.31 bits per heavy atom. The molecule has 4 heteroatoms. The van der Waals surface area contributed by atoms with E-state index in [1.807, 2.05) is 6.07 Å². The molecule has 0 amide bonds. The van der Waals surface area contributed by atoms with Crippen molar-refractivity contribution in [3.8, 4) is 0 Å². The maximum Gasteiger partial charge on any atom is 0.250 e. The summed E-state index contributed by atoms with van der Waals surface area (Å²) in [4.78, 5) is 11.7. The van der Waals surface area contributed by atoms with E-state index < -0.39 is 6.10 Å². The number of hydrogen-bond donors (Lipinski definition) is 1. The average Bonchev–Trinajstić information content (AvgIpc) is 2.71. The van der Waals surface area contributed by atoms with Crippen molar-refractivity contribution in [3.05, 3.63) is 33.7 Å². The second-order valence-corrected chi connectivity index (χ2v) is 4.22. The van der Waals surface area contributed by atoms with Crippen LogP contribution in [0.15, 0.2) is 16.9 Å². The first kappa shape index (κ1) is 11.4. The number of aliphatic hydroxyl groups is 1. The van der Waals surface area contributed by atoms with E-state index in [2.05, 4.69) is 0 Å². The highest BCUT2D eigenvalue weighted by Crippen LogP contribution is 2.19. The number of methoxy groups -OCH3 is 1. The van der Waals surface area contributed by atoms with Crippen LogP contribution in [0.1, 0.15) is 17.7 Å². The van der Waals surface area contributed by atoms with Crippen LogP contribution < -0.4 is 5.56 Å². The van der Waals surface area contributed by atoms with Gasteiger partial charge in [0.05, 0.1) is 19.3 Å². The third kappa shape index (κ3) is 2.18. The van der Waals surface area contributed by atoms with Crippen LogP contribution in [0.2, 0.25) is 0 Å². The van der Waals surface area contributed by atoms with E-state index in [9.17, 15) is 9.90 Å². The van der Waals surface area contributed by atoms with Crippen molar-refractivity contribution in [1.82, 2.24) is 4.57 Å². The first-order chi connectivity index (χ1) is 7.72. The van der Waals surface area contributed by atoms with Crippen LogP contribution in [-0.2, 0) is 24.1 Å². The van der Waals surface area contributed by atoms with Crippen LogP contribution in [-0.4, -0.2) is 29.5 Å². The number of fused-ring (bicyclic) bond motifs is 1. The molecule has 1 aliphatic carbocycles. The Morgan fingerprint density at radius 3 is 3.06 bits per heavy atom. The first-order valence-electron chi connectivity index (χ1n) is 5.61. The molecule has 1 unspecified atom stereocenters. The standard InChI is InChI=1S/C12H17NO3/c1-16-8-10(14)7-13-11-4-2-3-9(11)5-6-12(13)15/h5-6,10,14H,2-4,7-8H2,1H3. The quantitative estimate of drug-likeness (QED) is 0.801. The lowest BCUT2D eigenvalue weighted by Gasteiger charge is -2.15. The summed E-state index contributed by atoms with van der Waals surface area (Å²) in [6.45, 7) is 0.589. The summed E-state index contributed by atoms with van der Waals surface area (Å²) < 4.78 is 6.56. The summed E-state index contributed by atoms with van der Waals surface area (Å²) >= 11 is 0. The van der Waals surface area contributed by atoms with Gasteiger partial charge in [-0.2, -0.15) is 0 Å². The van der Waals surface area contributed by atoms with Crippen LogP contribution in [0.3, 0.4) is 0 Å². The number of nitrogens with zero attached hydrogens (tertiary/aromatic N) is 1. The number of ether oxygens (including phenoxy) is 1. The number of rotatable bonds is 4. The molecule has 1 aliphatic rings. The van der Waals surface area contributed by atoms with Crippen LogP contribution in [0.5, 0.6) is 0 Å². The number of aryl methyl sites for hydroxylation is 1. The van der Waals surface area contributed by atoms with Gasteiger partial charge < -0.3 is 14.4 Å². The zero-order valence-corrected chi connectivity index (χ0v) is 9.48. The highest BCUT2D eigenvalue weighted by atomic mass is 16.5. The van der Waals surface area contributed by atoms with Gasteiger partial charge in [-0.15, -0.1) is 0 Å². The minimum absolute atomic E-state index is 0.0317. The molecule has 16 heavy (non-hydrogen) atoms. The summed E-state index contributed by atoms with van der Waals surface area (Å²) in [5, 5.41) is 9.67. The molecule has 0 aliphatic heterocycles. The van der Waals surface area contributed by atoms with Gasteiger partial charge in [0.1, 0.15) is 0 Å². The summed E-state index contributed by atoms with van der Waals surface area (Å²) in [6.07, 6.45) is 2.45. The van der Waals surface area contributed by atoms with Crippen LogP contribution in [0, 0.1) is 0 Å². The predicted octanol–water partition coefficient (Wildman–Crippen LogP) is 0.344. The highest BCUT2D eigenvalue weighted by molar-refractivity contribution is 5.25. The van der Waals surface area contributed by atoms with Gasteiger partial charge in [0, 0.05) is 18.9 Å². The Hall–Kier alpha value is -1.13. The Morgan fingerprint density at radius 1 is 1.50 bits per heavy atom. The Kier molecular flexibility index (Phi) is 3.41. The molecule has 2 rings (SSSR count). The van der Waals surface area contributed by atoms with Gasteiger partial charge in [-0.3, -0.25) is 4.79 Å². The summed E-state index contributed by atoms with van der Waals surface area (Å²) in [6, 6.07) is 3.49. The van der Waals surface area contributed by atoms with Gasteiger partial charge in [0.2, 0.25) is 0 Å². The zero-order chi connectivity index (χ0) is 11.5. The lowest BCUT2D eigenvalue weighted by atomic mass is 10.2. The lowest BCUT2D eigenvalue weighted by molar-refractivity contribution is 0.0525. The molecule has 0 aromatic carbocycles. The second kappa shape index (κ2) is 4.80. The van der Waals surface area contributed by atoms with E-state index >= 15 is 0 Å². The fourth-order valence-corrected chi connectivity index (χ4v) is 2.29. The summed E-state index contributed by atoms with van der Waals surface area (Å²) in [7, 11) is 1.54. The molecule has 88 valence electrons. The monoisotopic (exact) mass is 223 g/mol. The van der Waals surface area contributed by atoms with Gasteiger partial charge in [0.25, 0.3) is 5.56 Å². The molecule has 1 atom stereocenters. The van der Waals surface area contributed by atoms with E-state index in [0.717, 1.165) is 25.0 Å². The fraction of sp³-hybridized carbons (Fsp3) is 0.583. The van der Waals surface area contributed by atoms with Crippen LogP contribution in [0.4, 0.5) is 0 Å². The molecule has 1 N–H and O–H groups in total. The molecule has 0 saturated heterocycles. The lowest BCUT2D eigenvalue weighted by Crippen LogP contribution is -2.30. The molecule has 0 saturated carbocycles. The normalized spacial score (nSPS) is 16.1. The van der Waals surface area contributed by atoms with Gasteiger partial charge in [-0.05, 0) is 24.8 Å². The Labute approximate surface area is 94.5 Å². The molecule has 0 bridgehead atoms. The summed E-state index contributed by atoms with van der Waals surface area (Å²) in [5.41, 5.74) is 2.29. The number of aromatic nitrogens is 1. The Balaban J connectivity index is 2.26. The molecular weight excluding hydrogens is 206 g/mol. The molecule has 1 heterocycles. The Bertz CT molecular complexity index is 425. The molecule has 4 nitrogen and oxygen atoms in total. The third-order valence-electron chi connectivity index (χ3n) is 3.00. The van der Waals surface area contributed by atoms with Crippen molar-refractivity contribution in [2.75, 3.05) is 13.7 Å². The topological polar surface area (TPSA) is 51.5 Å². The van der Waals surface area contributed by atoms with Crippen molar-refractivity contribution < 1.29 is 9.84 Å². The molecule has 1 aromatic rings. The third-order valence-corrected chi connectivity index (χ3v) is 3.00. The minimum atomic E-state index is -0.616. The van der Waals surface area contributed by atoms with Crippen molar-refractivity contribution >= 4 is 0 Å². The molecule has 0 spiro atoms. The molecule has 0 fully saturated rings. The molecule has 0 radical (unpaired) electrons. The van der Waals surface area contributed by atoms with Crippen LogP contribution in [0.25, 0.3) is 0 Å². The zero-order valence-electron chi connectivity index (χ0n) is 9.48. The predicted molar refractivity (Wildman–Crippen MR) is 60.6 cm³/mol. The number of pyridine rings is 1. The van der Waals surface area contributed by atoms with E-state index in [1.165, 1.54) is 5.56 Å². The largest absolute Gasteiger partial charge is 0.389 e. The van der Waals surface area contributed by atoms with E-state index in [0.29, 0.717) is 6.54 Å². The summed E-state index contributed by atoms with van der Waals surface area (Å²) in [5.74, 6) is 0. The number of hydrogen-bond acceptors (Lipinski definition) is 3. The fourth-order valence-electron chi connectivity index (χ4n) is 2.29. The van der Waals surface area contributed by atoms with Gasteiger partial charge in [-0.1, -0.05) is 6.07 Å². The van der Waals surface area contributed by atoms with Crippen molar-refractivity contribution in [2.45, 2.75) is 31.9 Å². The average molecular weight is 223 g/mol.